The second-order valence-electron chi connectivity index (χ2n) is 7.36. The summed E-state index contributed by atoms with van der Waals surface area (Å²) < 4.78 is 5.44. The van der Waals surface area contributed by atoms with Crippen LogP contribution in [-0.4, -0.2) is 29.9 Å². The molecule has 5 heteroatoms. The van der Waals surface area contributed by atoms with Gasteiger partial charge in [0.1, 0.15) is 0 Å². The Balaban J connectivity index is 1.45. The van der Waals surface area contributed by atoms with E-state index >= 15 is 0 Å². The molecule has 0 saturated heterocycles. The van der Waals surface area contributed by atoms with E-state index in [9.17, 15) is 9.59 Å². The molecule has 0 saturated carbocycles. The van der Waals surface area contributed by atoms with Crippen LogP contribution in [0.1, 0.15) is 27.1 Å². The zero-order valence-corrected chi connectivity index (χ0v) is 17.7. The largest absolute Gasteiger partial charge is 0.452 e. The van der Waals surface area contributed by atoms with Crippen molar-refractivity contribution in [2.75, 3.05) is 13.2 Å². The number of hydrogen-bond acceptors (Lipinski definition) is 4. The van der Waals surface area contributed by atoms with Crippen LogP contribution in [0, 0.1) is 6.92 Å². The first-order valence-electron chi connectivity index (χ1n) is 9.94. The molecular weight excluding hydrogens is 394 g/mol. The van der Waals surface area contributed by atoms with E-state index in [1.807, 2.05) is 73.0 Å². The summed E-state index contributed by atoms with van der Waals surface area (Å²) in [7, 11) is 0. The number of thiophene rings is 1. The third-order valence-electron chi connectivity index (χ3n) is 5.17. The molecule has 0 unspecified atom stereocenters. The smallest absolute Gasteiger partial charge is 0.340 e. The second-order valence-corrected chi connectivity index (χ2v) is 8.31. The molecule has 0 radical (unpaired) electrons. The fraction of sp³-hybridized carbons (Fsp3) is 0.200. The molecule has 1 aliphatic rings. The topological polar surface area (TPSA) is 46.6 Å². The van der Waals surface area contributed by atoms with Gasteiger partial charge in [-0.3, -0.25) is 4.79 Å². The summed E-state index contributed by atoms with van der Waals surface area (Å²) in [5.74, 6) is -0.649. The summed E-state index contributed by atoms with van der Waals surface area (Å²) in [6, 6.07) is 19.8. The lowest BCUT2D eigenvalue weighted by Crippen LogP contribution is -2.38. The van der Waals surface area contributed by atoms with Crippen LogP contribution < -0.4 is 0 Å². The fourth-order valence-electron chi connectivity index (χ4n) is 3.59. The van der Waals surface area contributed by atoms with Gasteiger partial charge >= 0.3 is 5.97 Å². The van der Waals surface area contributed by atoms with Crippen LogP contribution in [0.25, 0.3) is 11.6 Å². The van der Waals surface area contributed by atoms with Crippen LogP contribution in [0.5, 0.6) is 0 Å². The third kappa shape index (κ3) is 4.69. The minimum absolute atomic E-state index is 0.168. The van der Waals surface area contributed by atoms with Crippen molar-refractivity contribution in [3.63, 3.8) is 0 Å². The lowest BCUT2D eigenvalue weighted by atomic mass is 10.00. The molecule has 0 aliphatic carbocycles. The van der Waals surface area contributed by atoms with Crippen LogP contribution in [-0.2, 0) is 27.3 Å². The molecule has 0 N–H and O–H groups in total. The van der Waals surface area contributed by atoms with E-state index in [1.165, 1.54) is 16.9 Å². The maximum Gasteiger partial charge on any atom is 0.340 e. The number of fused-ring (bicyclic) bond motifs is 1. The second kappa shape index (κ2) is 9.09. The number of benzene rings is 2. The first-order valence-corrected chi connectivity index (χ1v) is 10.8. The average molecular weight is 418 g/mol. The van der Waals surface area contributed by atoms with Gasteiger partial charge in [-0.05, 0) is 47.6 Å². The van der Waals surface area contributed by atoms with Gasteiger partial charge < -0.3 is 9.64 Å². The van der Waals surface area contributed by atoms with Gasteiger partial charge in [0.2, 0.25) is 0 Å². The number of aryl methyl sites for hydroxylation is 1. The highest BCUT2D eigenvalue weighted by Gasteiger charge is 2.22. The van der Waals surface area contributed by atoms with E-state index in [-0.39, 0.29) is 12.5 Å². The van der Waals surface area contributed by atoms with Crippen LogP contribution >= 0.6 is 11.3 Å². The SMILES string of the molecule is Cc1cccc(/C=C(/C(=O)OCC(=O)N2CCc3ccccc3C2)c2cccs2)c1. The van der Waals surface area contributed by atoms with Gasteiger partial charge in [0.15, 0.2) is 6.61 Å². The minimum atomic E-state index is -0.482. The minimum Gasteiger partial charge on any atom is -0.452 e. The summed E-state index contributed by atoms with van der Waals surface area (Å²) in [6.07, 6.45) is 2.65. The van der Waals surface area contributed by atoms with Gasteiger partial charge in [-0.15, -0.1) is 11.3 Å². The van der Waals surface area contributed by atoms with Gasteiger partial charge in [0, 0.05) is 18.0 Å². The van der Waals surface area contributed by atoms with Crippen molar-refractivity contribution in [3.05, 3.63) is 93.2 Å². The molecular formula is C25H23NO3S. The number of nitrogens with zero attached hydrogens (tertiary/aromatic N) is 1. The van der Waals surface area contributed by atoms with Crippen molar-refractivity contribution in [1.29, 1.82) is 0 Å². The highest BCUT2D eigenvalue weighted by atomic mass is 32.1. The number of carbonyl (C=O) groups is 2. The van der Waals surface area contributed by atoms with Crippen molar-refractivity contribution in [2.24, 2.45) is 0 Å². The van der Waals surface area contributed by atoms with Gasteiger partial charge in [-0.2, -0.15) is 0 Å². The lowest BCUT2D eigenvalue weighted by Gasteiger charge is -2.28. The molecule has 3 aromatic rings. The van der Waals surface area contributed by atoms with Crippen LogP contribution in [0.4, 0.5) is 0 Å². The Bertz CT molecular complexity index is 1090. The number of hydrogen-bond donors (Lipinski definition) is 0. The summed E-state index contributed by atoms with van der Waals surface area (Å²) in [4.78, 5) is 28.1. The molecule has 1 amide bonds. The number of carbonyl (C=O) groups excluding carboxylic acids is 2. The van der Waals surface area contributed by atoms with E-state index in [2.05, 4.69) is 6.07 Å². The monoisotopic (exact) mass is 417 g/mol. The van der Waals surface area contributed by atoms with E-state index in [4.69, 9.17) is 4.74 Å². The summed E-state index contributed by atoms with van der Waals surface area (Å²) in [5.41, 5.74) is 4.94. The van der Waals surface area contributed by atoms with Crippen molar-refractivity contribution in [2.45, 2.75) is 19.9 Å². The first kappa shape index (κ1) is 20.1. The number of ether oxygens (including phenoxy) is 1. The Morgan fingerprint density at radius 2 is 1.90 bits per heavy atom. The highest BCUT2D eigenvalue weighted by Crippen LogP contribution is 2.25. The van der Waals surface area contributed by atoms with E-state index in [0.29, 0.717) is 18.7 Å². The maximum absolute atomic E-state index is 12.9. The molecule has 0 bridgehead atoms. The standard InChI is InChI=1S/C25H23NO3S/c1-18-6-4-7-19(14-18)15-22(23-10-5-13-30-23)25(28)29-17-24(27)26-12-11-20-8-2-3-9-21(20)16-26/h2-10,13-15H,11-12,16-17H2,1H3/b22-15+. The van der Waals surface area contributed by atoms with Crippen molar-refractivity contribution in [3.8, 4) is 0 Å². The molecule has 152 valence electrons. The van der Waals surface area contributed by atoms with Crippen molar-refractivity contribution in [1.82, 2.24) is 4.90 Å². The third-order valence-corrected chi connectivity index (χ3v) is 6.07. The molecule has 2 heterocycles. The zero-order chi connectivity index (χ0) is 20.9. The Hall–Kier alpha value is -3.18. The molecule has 1 aromatic heterocycles. The Labute approximate surface area is 180 Å². The first-order chi connectivity index (χ1) is 14.6. The van der Waals surface area contributed by atoms with Crippen LogP contribution in [0.3, 0.4) is 0 Å². The Morgan fingerprint density at radius 3 is 2.67 bits per heavy atom. The average Bonchev–Trinajstić information content (AvgIpc) is 3.30. The highest BCUT2D eigenvalue weighted by molar-refractivity contribution is 7.11. The summed E-state index contributed by atoms with van der Waals surface area (Å²) in [6.45, 7) is 2.96. The molecule has 4 rings (SSSR count). The van der Waals surface area contributed by atoms with Gasteiger partial charge in [0.05, 0.1) is 5.57 Å². The van der Waals surface area contributed by atoms with Crippen LogP contribution in [0.2, 0.25) is 0 Å². The fourth-order valence-corrected chi connectivity index (χ4v) is 4.32. The predicted molar refractivity (Wildman–Crippen MR) is 120 cm³/mol. The van der Waals surface area contributed by atoms with Crippen molar-refractivity contribution < 1.29 is 14.3 Å². The Kier molecular flexibility index (Phi) is 6.10. The van der Waals surface area contributed by atoms with Gasteiger partial charge in [-0.1, -0.05) is 60.2 Å². The van der Waals surface area contributed by atoms with Gasteiger partial charge in [-0.25, -0.2) is 4.79 Å². The van der Waals surface area contributed by atoms with Crippen molar-refractivity contribution >= 4 is 34.9 Å². The number of rotatable bonds is 5. The predicted octanol–water partition coefficient (Wildman–Crippen LogP) is 4.73. The quantitative estimate of drug-likeness (QED) is 0.446. The summed E-state index contributed by atoms with van der Waals surface area (Å²) >= 11 is 1.47. The maximum atomic E-state index is 12.9. The molecule has 4 nitrogen and oxygen atoms in total. The molecule has 30 heavy (non-hydrogen) atoms. The molecule has 0 atom stereocenters. The molecule has 2 aromatic carbocycles. The zero-order valence-electron chi connectivity index (χ0n) is 16.8. The lowest BCUT2D eigenvalue weighted by molar-refractivity contribution is -0.147. The number of esters is 1. The van der Waals surface area contributed by atoms with Crippen LogP contribution in [0.15, 0.2) is 66.0 Å². The molecule has 1 aliphatic heterocycles. The van der Waals surface area contributed by atoms with E-state index in [0.717, 1.165) is 28.0 Å². The Morgan fingerprint density at radius 1 is 1.07 bits per heavy atom. The number of amides is 1. The molecule has 0 fully saturated rings. The molecule has 0 spiro atoms. The van der Waals surface area contributed by atoms with E-state index in [1.54, 1.807) is 4.90 Å². The summed E-state index contributed by atoms with van der Waals surface area (Å²) in [5, 5.41) is 1.92. The van der Waals surface area contributed by atoms with Gasteiger partial charge in [0.25, 0.3) is 5.91 Å². The normalized spacial score (nSPS) is 13.6. The van der Waals surface area contributed by atoms with E-state index < -0.39 is 5.97 Å².